The van der Waals surface area contributed by atoms with Gasteiger partial charge in [-0.25, -0.2) is 4.98 Å². The first kappa shape index (κ1) is 15.9. The molecular formula is C20H23N3O2. The highest BCUT2D eigenvalue weighted by Gasteiger charge is 2.28. The van der Waals surface area contributed by atoms with Crippen LogP contribution in [0.4, 0.5) is 0 Å². The van der Waals surface area contributed by atoms with Crippen LogP contribution in [-0.4, -0.2) is 33.4 Å². The number of carbonyl (C=O) groups is 1. The van der Waals surface area contributed by atoms with Gasteiger partial charge in [-0.3, -0.25) is 4.79 Å². The van der Waals surface area contributed by atoms with Crippen molar-refractivity contribution in [3.63, 3.8) is 0 Å². The van der Waals surface area contributed by atoms with Gasteiger partial charge in [-0.05, 0) is 51.0 Å². The van der Waals surface area contributed by atoms with E-state index in [2.05, 4.69) is 9.55 Å². The third kappa shape index (κ3) is 2.95. The molecule has 0 unspecified atom stereocenters. The average molecular weight is 337 g/mol. The maximum atomic E-state index is 13.0. The Kier molecular flexibility index (Phi) is 3.86. The molecule has 25 heavy (non-hydrogen) atoms. The monoisotopic (exact) mass is 337 g/mol. The average Bonchev–Trinajstić information content (AvgIpc) is 3.14. The van der Waals surface area contributed by atoms with Crippen LogP contribution in [0, 0.1) is 13.8 Å². The lowest BCUT2D eigenvalue weighted by Crippen LogP contribution is -2.39. The van der Waals surface area contributed by atoms with Gasteiger partial charge in [0.1, 0.15) is 17.2 Å². The van der Waals surface area contributed by atoms with Gasteiger partial charge in [0.15, 0.2) is 0 Å². The third-order valence-electron chi connectivity index (χ3n) is 4.99. The van der Waals surface area contributed by atoms with E-state index in [1.807, 2.05) is 56.3 Å². The van der Waals surface area contributed by atoms with E-state index in [1.165, 1.54) is 0 Å². The van der Waals surface area contributed by atoms with Crippen LogP contribution in [0.15, 0.2) is 34.9 Å². The molecule has 0 bridgehead atoms. The smallest absolute Gasteiger partial charge is 0.253 e. The van der Waals surface area contributed by atoms with Crippen LogP contribution < -0.4 is 0 Å². The van der Waals surface area contributed by atoms with Gasteiger partial charge in [-0.1, -0.05) is 0 Å². The molecular weight excluding hydrogens is 314 g/mol. The van der Waals surface area contributed by atoms with Gasteiger partial charge < -0.3 is 13.9 Å². The molecule has 3 heterocycles. The minimum Gasteiger partial charge on any atom is -0.461 e. The molecule has 4 rings (SSSR count). The van der Waals surface area contributed by atoms with Gasteiger partial charge in [0, 0.05) is 43.2 Å². The van der Waals surface area contributed by atoms with Crippen molar-refractivity contribution in [2.45, 2.75) is 32.6 Å². The lowest BCUT2D eigenvalue weighted by atomic mass is 9.96. The third-order valence-corrected chi connectivity index (χ3v) is 4.99. The largest absolute Gasteiger partial charge is 0.461 e. The highest BCUT2D eigenvalue weighted by atomic mass is 16.3. The first-order valence-electron chi connectivity index (χ1n) is 8.80. The number of rotatable bonds is 2. The van der Waals surface area contributed by atoms with Crippen LogP contribution in [0.25, 0.3) is 11.0 Å². The zero-order valence-electron chi connectivity index (χ0n) is 15.0. The number of carbonyl (C=O) groups excluding carboxylic acids is 1. The molecule has 1 aliphatic rings. The number of imidazole rings is 1. The summed E-state index contributed by atoms with van der Waals surface area (Å²) in [5.74, 6) is 2.34. The number of fused-ring (bicyclic) bond motifs is 1. The van der Waals surface area contributed by atoms with E-state index < -0.39 is 0 Å². The molecule has 1 amide bonds. The summed E-state index contributed by atoms with van der Waals surface area (Å²) in [4.78, 5) is 19.6. The van der Waals surface area contributed by atoms with Gasteiger partial charge in [-0.2, -0.15) is 0 Å². The van der Waals surface area contributed by atoms with E-state index in [-0.39, 0.29) is 5.91 Å². The molecule has 0 N–H and O–H groups in total. The maximum absolute atomic E-state index is 13.0. The summed E-state index contributed by atoms with van der Waals surface area (Å²) < 4.78 is 7.69. The van der Waals surface area contributed by atoms with Crippen LogP contribution in [0.1, 0.15) is 46.4 Å². The summed E-state index contributed by atoms with van der Waals surface area (Å²) in [6, 6.07) is 7.66. The topological polar surface area (TPSA) is 51.3 Å². The molecule has 0 radical (unpaired) electrons. The van der Waals surface area contributed by atoms with Gasteiger partial charge in [0.2, 0.25) is 0 Å². The number of aryl methyl sites for hydroxylation is 3. The fourth-order valence-electron chi connectivity index (χ4n) is 3.88. The minimum atomic E-state index is 0.0939. The van der Waals surface area contributed by atoms with E-state index in [0.717, 1.165) is 59.7 Å². The molecule has 0 aliphatic carbocycles. The predicted octanol–water partition coefficient (Wildman–Crippen LogP) is 3.80. The van der Waals surface area contributed by atoms with Crippen molar-refractivity contribution in [3.8, 4) is 0 Å². The quantitative estimate of drug-likeness (QED) is 0.714. The number of amides is 1. The summed E-state index contributed by atoms with van der Waals surface area (Å²) in [5.41, 5.74) is 2.58. The van der Waals surface area contributed by atoms with Gasteiger partial charge in [0.25, 0.3) is 5.91 Å². The Morgan fingerprint density at radius 3 is 2.88 bits per heavy atom. The van der Waals surface area contributed by atoms with E-state index in [0.29, 0.717) is 5.92 Å². The maximum Gasteiger partial charge on any atom is 0.253 e. The Labute approximate surface area is 147 Å². The molecule has 130 valence electrons. The lowest BCUT2D eigenvalue weighted by molar-refractivity contribution is 0.0703. The van der Waals surface area contributed by atoms with Crippen LogP contribution in [0.3, 0.4) is 0 Å². The van der Waals surface area contributed by atoms with Crippen molar-refractivity contribution in [2.75, 3.05) is 13.1 Å². The Hall–Kier alpha value is -2.56. The molecule has 3 aromatic rings. The zero-order valence-corrected chi connectivity index (χ0v) is 15.0. The molecule has 2 aromatic heterocycles. The van der Waals surface area contributed by atoms with Crippen molar-refractivity contribution in [2.24, 2.45) is 7.05 Å². The summed E-state index contributed by atoms with van der Waals surface area (Å²) in [6.45, 7) is 5.47. The van der Waals surface area contributed by atoms with E-state index in [4.69, 9.17) is 4.42 Å². The number of hydrogen-bond donors (Lipinski definition) is 0. The van der Waals surface area contributed by atoms with E-state index in [9.17, 15) is 4.79 Å². The number of piperidine rings is 1. The molecule has 1 fully saturated rings. The normalized spacial score (nSPS) is 18.0. The number of hydrogen-bond acceptors (Lipinski definition) is 3. The summed E-state index contributed by atoms with van der Waals surface area (Å²) in [7, 11) is 2.03. The predicted molar refractivity (Wildman–Crippen MR) is 96.8 cm³/mol. The van der Waals surface area contributed by atoms with Crippen molar-refractivity contribution >= 4 is 16.9 Å². The molecule has 1 aliphatic heterocycles. The summed E-state index contributed by atoms with van der Waals surface area (Å²) >= 11 is 0. The SMILES string of the molecule is Cc1cn(C)c([C@H]2CCCN(C(=O)c3ccc4oc(C)cc4c3)C2)n1. The van der Waals surface area contributed by atoms with Gasteiger partial charge in [0.05, 0.1) is 5.69 Å². The first-order valence-corrected chi connectivity index (χ1v) is 8.80. The minimum absolute atomic E-state index is 0.0939. The Bertz CT molecular complexity index is 938. The van der Waals surface area contributed by atoms with Crippen molar-refractivity contribution in [3.05, 3.63) is 53.3 Å². The fraction of sp³-hybridized carbons (Fsp3) is 0.400. The first-order chi connectivity index (χ1) is 12.0. The van der Waals surface area contributed by atoms with Crippen molar-refractivity contribution in [1.82, 2.24) is 14.5 Å². The van der Waals surface area contributed by atoms with Crippen molar-refractivity contribution in [1.29, 1.82) is 0 Å². The molecule has 0 spiro atoms. The number of aromatic nitrogens is 2. The molecule has 5 heteroatoms. The number of furan rings is 1. The summed E-state index contributed by atoms with van der Waals surface area (Å²) in [6.07, 6.45) is 4.13. The van der Waals surface area contributed by atoms with Crippen LogP contribution in [-0.2, 0) is 7.05 Å². The fourth-order valence-corrected chi connectivity index (χ4v) is 3.88. The van der Waals surface area contributed by atoms with Gasteiger partial charge in [-0.15, -0.1) is 0 Å². The lowest BCUT2D eigenvalue weighted by Gasteiger charge is -2.32. The molecule has 0 saturated carbocycles. The highest BCUT2D eigenvalue weighted by Crippen LogP contribution is 2.28. The van der Waals surface area contributed by atoms with Crippen LogP contribution >= 0.6 is 0 Å². The van der Waals surface area contributed by atoms with Gasteiger partial charge >= 0.3 is 0 Å². The standard InChI is InChI=1S/C20H23N3O2/c1-13-11-22(3)19(21-13)16-5-4-8-23(12-16)20(24)15-6-7-18-17(10-15)9-14(2)25-18/h6-7,9-11,16H,4-5,8,12H2,1-3H3/t16-/m0/s1. The molecule has 1 saturated heterocycles. The second kappa shape index (κ2) is 6.06. The van der Waals surface area contributed by atoms with Crippen molar-refractivity contribution < 1.29 is 9.21 Å². The molecule has 1 atom stereocenters. The Morgan fingerprint density at radius 1 is 1.28 bits per heavy atom. The second-order valence-corrected chi connectivity index (χ2v) is 7.05. The summed E-state index contributed by atoms with van der Waals surface area (Å²) in [5, 5.41) is 0.983. The van der Waals surface area contributed by atoms with Crippen LogP contribution in [0.5, 0.6) is 0 Å². The molecule has 1 aromatic carbocycles. The van der Waals surface area contributed by atoms with Crippen LogP contribution in [0.2, 0.25) is 0 Å². The Balaban J connectivity index is 1.57. The van der Waals surface area contributed by atoms with E-state index in [1.54, 1.807) is 0 Å². The number of likely N-dealkylation sites (tertiary alicyclic amines) is 1. The number of benzene rings is 1. The second-order valence-electron chi connectivity index (χ2n) is 7.05. The number of nitrogens with zero attached hydrogens (tertiary/aromatic N) is 3. The molecule has 5 nitrogen and oxygen atoms in total. The highest BCUT2D eigenvalue weighted by molar-refractivity contribution is 5.98. The zero-order chi connectivity index (χ0) is 17.6. The Morgan fingerprint density at radius 2 is 2.12 bits per heavy atom. The van der Waals surface area contributed by atoms with E-state index >= 15 is 0 Å².